The molecule has 3 atom stereocenters. The molecule has 0 aliphatic carbocycles. The van der Waals surface area contributed by atoms with E-state index >= 15 is 0 Å². The molecule has 0 bridgehead atoms. The summed E-state index contributed by atoms with van der Waals surface area (Å²) in [5.74, 6) is -0.924. The second-order valence-corrected chi connectivity index (χ2v) is 8.07. The van der Waals surface area contributed by atoms with Crippen LogP contribution < -0.4 is 5.32 Å². The molecule has 1 heterocycles. The molecule has 2 aromatic rings. The molecule has 3 rings (SSSR count). The van der Waals surface area contributed by atoms with Gasteiger partial charge in [0.05, 0.1) is 23.3 Å². The first-order valence-electron chi connectivity index (χ1n) is 7.82. The van der Waals surface area contributed by atoms with Gasteiger partial charge in [0.15, 0.2) is 9.84 Å². The number of carbonyl (C=O) groups is 1. The van der Waals surface area contributed by atoms with Crippen LogP contribution in [-0.2, 0) is 19.4 Å². The third-order valence-corrected chi connectivity index (χ3v) is 6.60. The van der Waals surface area contributed by atoms with E-state index in [0.29, 0.717) is 5.56 Å². The van der Waals surface area contributed by atoms with Gasteiger partial charge in [-0.05, 0) is 36.2 Å². The SMILES string of the molecule is COC(=O)[C@H]1C[C@@H](S(=O)(=O)c2ccccc2)[C@@H](c2ccc(F)cc2)N1. The second kappa shape index (κ2) is 6.93. The van der Waals surface area contributed by atoms with Crippen LogP contribution in [0.5, 0.6) is 0 Å². The van der Waals surface area contributed by atoms with Crippen molar-refractivity contribution in [2.24, 2.45) is 0 Å². The van der Waals surface area contributed by atoms with Gasteiger partial charge in [0, 0.05) is 0 Å². The summed E-state index contributed by atoms with van der Waals surface area (Å²) in [6, 6.07) is 12.3. The predicted octanol–water partition coefficient (Wildman–Crippen LogP) is 2.24. The average Bonchev–Trinajstić information content (AvgIpc) is 3.08. The molecule has 0 amide bonds. The fourth-order valence-corrected chi connectivity index (χ4v) is 5.06. The van der Waals surface area contributed by atoms with Gasteiger partial charge in [-0.25, -0.2) is 12.8 Å². The molecule has 0 unspecified atom stereocenters. The lowest BCUT2D eigenvalue weighted by atomic mass is 10.0. The van der Waals surface area contributed by atoms with E-state index in [4.69, 9.17) is 4.74 Å². The van der Waals surface area contributed by atoms with Crippen molar-refractivity contribution in [3.8, 4) is 0 Å². The first-order valence-corrected chi connectivity index (χ1v) is 9.36. The van der Waals surface area contributed by atoms with Crippen molar-refractivity contribution < 1.29 is 22.3 Å². The van der Waals surface area contributed by atoms with Crippen molar-refractivity contribution in [3.63, 3.8) is 0 Å². The van der Waals surface area contributed by atoms with E-state index in [9.17, 15) is 17.6 Å². The molecule has 1 N–H and O–H groups in total. The smallest absolute Gasteiger partial charge is 0.322 e. The minimum Gasteiger partial charge on any atom is -0.468 e. The molecule has 0 aromatic heterocycles. The van der Waals surface area contributed by atoms with Gasteiger partial charge in [0.2, 0.25) is 0 Å². The molecule has 1 aliphatic heterocycles. The highest BCUT2D eigenvalue weighted by molar-refractivity contribution is 7.92. The molecular weight excluding hydrogens is 345 g/mol. The third kappa shape index (κ3) is 3.43. The van der Waals surface area contributed by atoms with Crippen LogP contribution in [0.1, 0.15) is 18.0 Å². The summed E-state index contributed by atoms with van der Waals surface area (Å²) in [5.41, 5.74) is 0.609. The number of sulfone groups is 1. The number of esters is 1. The van der Waals surface area contributed by atoms with Crippen LogP contribution in [0.15, 0.2) is 59.5 Å². The van der Waals surface area contributed by atoms with Crippen LogP contribution in [0.25, 0.3) is 0 Å². The number of ether oxygens (including phenoxy) is 1. The van der Waals surface area contributed by atoms with Gasteiger partial charge in [0.1, 0.15) is 11.9 Å². The van der Waals surface area contributed by atoms with E-state index in [1.54, 1.807) is 18.2 Å². The number of nitrogens with one attached hydrogen (secondary N) is 1. The Kier molecular flexibility index (Phi) is 4.87. The molecule has 132 valence electrons. The van der Waals surface area contributed by atoms with Gasteiger partial charge >= 0.3 is 5.97 Å². The van der Waals surface area contributed by atoms with E-state index in [0.717, 1.165) is 0 Å². The van der Waals surface area contributed by atoms with Crippen molar-refractivity contribution in [2.75, 3.05) is 7.11 Å². The summed E-state index contributed by atoms with van der Waals surface area (Å²) in [7, 11) is -2.42. The maximum absolute atomic E-state index is 13.2. The fraction of sp³-hybridized carbons (Fsp3) is 0.278. The summed E-state index contributed by atoms with van der Waals surface area (Å²) in [5, 5.41) is 2.17. The molecule has 7 heteroatoms. The molecular formula is C18H18FNO4S. The summed E-state index contributed by atoms with van der Waals surface area (Å²) in [6.45, 7) is 0. The van der Waals surface area contributed by atoms with Crippen LogP contribution in [0, 0.1) is 5.82 Å². The normalized spacial score (nSPS) is 23.4. The molecule has 1 fully saturated rings. The van der Waals surface area contributed by atoms with E-state index in [1.807, 2.05) is 0 Å². The van der Waals surface area contributed by atoms with Gasteiger partial charge in [-0.1, -0.05) is 30.3 Å². The van der Waals surface area contributed by atoms with Gasteiger partial charge in [0.25, 0.3) is 0 Å². The Labute approximate surface area is 145 Å². The van der Waals surface area contributed by atoms with Crippen LogP contribution in [0.4, 0.5) is 4.39 Å². The molecule has 0 radical (unpaired) electrons. The minimum atomic E-state index is -3.68. The van der Waals surface area contributed by atoms with Crippen molar-refractivity contribution in [2.45, 2.75) is 28.6 Å². The van der Waals surface area contributed by atoms with Crippen molar-refractivity contribution in [1.29, 1.82) is 0 Å². The summed E-state index contributed by atoms with van der Waals surface area (Å²) < 4.78 is 44.1. The Morgan fingerprint density at radius 1 is 1.12 bits per heavy atom. The second-order valence-electron chi connectivity index (χ2n) is 5.90. The molecule has 25 heavy (non-hydrogen) atoms. The number of hydrogen-bond donors (Lipinski definition) is 1. The lowest BCUT2D eigenvalue weighted by Gasteiger charge is -2.20. The van der Waals surface area contributed by atoms with Crippen LogP contribution in [0.2, 0.25) is 0 Å². The quantitative estimate of drug-likeness (QED) is 0.844. The lowest BCUT2D eigenvalue weighted by molar-refractivity contribution is -0.142. The Morgan fingerprint density at radius 2 is 1.76 bits per heavy atom. The Balaban J connectivity index is 2.01. The minimum absolute atomic E-state index is 0.0892. The van der Waals surface area contributed by atoms with Crippen LogP contribution in [0.3, 0.4) is 0 Å². The summed E-state index contributed by atoms with van der Waals surface area (Å²) >= 11 is 0. The number of methoxy groups -OCH3 is 1. The summed E-state index contributed by atoms with van der Waals surface area (Å²) in [6.07, 6.45) is 0.0892. The zero-order valence-electron chi connectivity index (χ0n) is 13.6. The highest BCUT2D eigenvalue weighted by atomic mass is 32.2. The zero-order valence-corrected chi connectivity index (χ0v) is 14.4. The van der Waals surface area contributed by atoms with Crippen molar-refractivity contribution >= 4 is 15.8 Å². The Morgan fingerprint density at radius 3 is 2.36 bits per heavy atom. The van der Waals surface area contributed by atoms with E-state index in [1.165, 1.54) is 43.5 Å². The fourth-order valence-electron chi connectivity index (χ4n) is 3.14. The first-order chi connectivity index (χ1) is 11.9. The number of benzene rings is 2. The largest absolute Gasteiger partial charge is 0.468 e. The monoisotopic (exact) mass is 363 g/mol. The molecule has 1 aliphatic rings. The number of carbonyl (C=O) groups excluding carboxylic acids is 1. The van der Waals surface area contributed by atoms with E-state index < -0.39 is 39.0 Å². The highest BCUT2D eigenvalue weighted by Gasteiger charge is 2.45. The zero-order chi connectivity index (χ0) is 18.0. The topological polar surface area (TPSA) is 72.5 Å². The number of rotatable bonds is 4. The summed E-state index contributed by atoms with van der Waals surface area (Å²) in [4.78, 5) is 12.1. The number of hydrogen-bond acceptors (Lipinski definition) is 5. The molecule has 1 saturated heterocycles. The average molecular weight is 363 g/mol. The molecule has 0 saturated carbocycles. The number of halogens is 1. The van der Waals surface area contributed by atoms with Crippen molar-refractivity contribution in [3.05, 3.63) is 66.0 Å². The van der Waals surface area contributed by atoms with Gasteiger partial charge in [-0.15, -0.1) is 0 Å². The Hall–Kier alpha value is -2.25. The van der Waals surface area contributed by atoms with E-state index in [2.05, 4.69) is 5.32 Å². The predicted molar refractivity (Wildman–Crippen MR) is 90.1 cm³/mol. The van der Waals surface area contributed by atoms with Gasteiger partial charge < -0.3 is 4.74 Å². The maximum atomic E-state index is 13.2. The molecule has 0 spiro atoms. The Bertz CT molecular complexity index is 852. The lowest BCUT2D eigenvalue weighted by Crippen LogP contribution is -2.33. The highest BCUT2D eigenvalue weighted by Crippen LogP contribution is 2.35. The maximum Gasteiger partial charge on any atom is 0.322 e. The van der Waals surface area contributed by atoms with Crippen LogP contribution >= 0.6 is 0 Å². The van der Waals surface area contributed by atoms with E-state index in [-0.39, 0.29) is 11.3 Å². The first kappa shape index (κ1) is 17.6. The molecule has 5 nitrogen and oxygen atoms in total. The van der Waals surface area contributed by atoms with Crippen molar-refractivity contribution in [1.82, 2.24) is 5.32 Å². The molecule has 2 aromatic carbocycles. The standard InChI is InChI=1S/C18H18FNO4S/c1-24-18(21)15-11-16(25(22,23)14-5-3-2-4-6-14)17(20-15)12-7-9-13(19)10-8-12/h2-10,15-17,20H,11H2,1H3/t15-,16-,17-/m1/s1. The third-order valence-electron chi connectivity index (χ3n) is 4.41. The van der Waals surface area contributed by atoms with Crippen LogP contribution in [-0.4, -0.2) is 32.8 Å². The van der Waals surface area contributed by atoms with Gasteiger partial charge in [-0.2, -0.15) is 0 Å². The van der Waals surface area contributed by atoms with Gasteiger partial charge in [-0.3, -0.25) is 10.1 Å².